The number of rotatable bonds is 7. The van der Waals surface area contributed by atoms with Crippen molar-refractivity contribution >= 4 is 23.0 Å². The van der Waals surface area contributed by atoms with E-state index in [9.17, 15) is 15.0 Å². The van der Waals surface area contributed by atoms with E-state index in [4.69, 9.17) is 15.6 Å². The third-order valence-corrected chi connectivity index (χ3v) is 4.84. The van der Waals surface area contributed by atoms with E-state index >= 15 is 0 Å². The summed E-state index contributed by atoms with van der Waals surface area (Å²) >= 11 is 0. The third kappa shape index (κ3) is 3.84. The average molecular weight is 383 g/mol. The van der Waals surface area contributed by atoms with E-state index < -0.39 is 36.6 Å². The molecule has 0 spiro atoms. The van der Waals surface area contributed by atoms with Crippen LogP contribution in [0.2, 0.25) is 0 Å². The van der Waals surface area contributed by atoms with Crippen LogP contribution in [0.5, 0.6) is 0 Å². The van der Waals surface area contributed by atoms with Crippen LogP contribution < -0.4 is 17.2 Å². The number of aliphatic carboxylic acids is 1. The molecule has 1 saturated heterocycles. The minimum Gasteiger partial charge on any atom is -0.477 e. The third-order valence-electron chi connectivity index (χ3n) is 4.84. The van der Waals surface area contributed by atoms with Crippen LogP contribution in [0, 0.1) is 0 Å². The first kappa shape index (κ1) is 19.4. The van der Waals surface area contributed by atoms with Crippen molar-refractivity contribution in [3.63, 3.8) is 0 Å². The van der Waals surface area contributed by atoms with E-state index in [-0.39, 0.29) is 11.9 Å². The molecule has 6 atom stereocenters. The first-order chi connectivity index (χ1) is 12.8. The lowest BCUT2D eigenvalue weighted by Gasteiger charge is -2.17. The number of nitrogen functional groups attached to an aromatic ring is 1. The standard InChI is InChI=1S/C15H23N7O5/c16-6(1-2-7(17)15(25)26)3-8-10(23)11(24)14(27-8)22-5-21-9-12(18)19-4-20-13(9)22/h4-8,10-11,14,23-24H,1-3,16-17H2,(H,25,26)(H2,18,19,20)/p+2/t6-,7-,8+,10+,11+,14+/m0/s1. The number of nitrogens with two attached hydrogens (primary N) is 1. The number of anilines is 1. The second-order valence-corrected chi connectivity index (χ2v) is 6.84. The monoisotopic (exact) mass is 383 g/mol. The van der Waals surface area contributed by atoms with Crippen LogP contribution in [0.4, 0.5) is 5.82 Å². The molecule has 3 rings (SSSR count). The van der Waals surface area contributed by atoms with Crippen LogP contribution in [-0.2, 0) is 9.53 Å². The van der Waals surface area contributed by atoms with Gasteiger partial charge in [-0.3, -0.25) is 4.57 Å². The highest BCUT2D eigenvalue weighted by Crippen LogP contribution is 2.33. The van der Waals surface area contributed by atoms with Crippen LogP contribution >= 0.6 is 0 Å². The molecule has 0 aromatic carbocycles. The predicted molar refractivity (Wildman–Crippen MR) is 90.5 cm³/mol. The molecule has 0 unspecified atom stereocenters. The molecule has 3 heterocycles. The van der Waals surface area contributed by atoms with Crippen molar-refractivity contribution in [1.82, 2.24) is 19.5 Å². The molecular weight excluding hydrogens is 358 g/mol. The maximum Gasteiger partial charge on any atom is 0.362 e. The fraction of sp³-hybridized carbons (Fsp3) is 0.600. The summed E-state index contributed by atoms with van der Waals surface area (Å²) in [6, 6.07) is -0.860. The van der Waals surface area contributed by atoms with Gasteiger partial charge in [0.2, 0.25) is 0 Å². The SMILES string of the molecule is Nc1ncnc2c1ncn2[C@@H]1O[C@H](C[C@@H]([NH3+])CC[C@H]([NH3+])C(=O)O)[C@@H](O)[C@H]1O. The summed E-state index contributed by atoms with van der Waals surface area (Å²) in [6.45, 7) is 0. The zero-order valence-electron chi connectivity index (χ0n) is 14.7. The highest BCUT2D eigenvalue weighted by molar-refractivity contribution is 5.81. The number of quaternary nitrogens is 2. The van der Waals surface area contributed by atoms with Gasteiger partial charge < -0.3 is 37.3 Å². The quantitative estimate of drug-likeness (QED) is 0.279. The lowest BCUT2D eigenvalue weighted by molar-refractivity contribution is -0.437. The van der Waals surface area contributed by atoms with Gasteiger partial charge in [-0.15, -0.1) is 0 Å². The fourth-order valence-corrected chi connectivity index (χ4v) is 3.22. The Hall–Kier alpha value is -2.38. The normalized spacial score (nSPS) is 27.7. The highest BCUT2D eigenvalue weighted by atomic mass is 16.6. The molecule has 1 fully saturated rings. The fourth-order valence-electron chi connectivity index (χ4n) is 3.22. The Labute approximate surface area is 154 Å². The van der Waals surface area contributed by atoms with E-state index in [2.05, 4.69) is 26.4 Å². The number of aliphatic hydroxyl groups excluding tert-OH is 2. The highest BCUT2D eigenvalue weighted by Gasteiger charge is 2.45. The average Bonchev–Trinajstić information content (AvgIpc) is 3.17. The number of nitrogens with zero attached hydrogens (tertiary/aromatic N) is 4. The molecule has 12 heteroatoms. The van der Waals surface area contributed by atoms with Crippen LogP contribution in [-0.4, -0.2) is 71.2 Å². The smallest absolute Gasteiger partial charge is 0.362 e. The van der Waals surface area contributed by atoms with Crippen molar-refractivity contribution in [2.45, 2.75) is 55.9 Å². The Bertz CT molecular complexity index is 815. The van der Waals surface area contributed by atoms with Gasteiger partial charge in [0.1, 0.15) is 24.1 Å². The summed E-state index contributed by atoms with van der Waals surface area (Å²) in [6.07, 6.45) is 0.140. The molecule has 2 aromatic rings. The molecule has 0 radical (unpaired) electrons. The number of hydrogen-bond donors (Lipinski definition) is 6. The maximum absolute atomic E-state index is 10.8. The van der Waals surface area contributed by atoms with E-state index in [0.29, 0.717) is 30.4 Å². The van der Waals surface area contributed by atoms with Gasteiger partial charge in [0.05, 0.1) is 18.5 Å². The van der Waals surface area contributed by atoms with Crippen LogP contribution in [0.15, 0.2) is 12.7 Å². The van der Waals surface area contributed by atoms with Gasteiger partial charge in [-0.2, -0.15) is 0 Å². The summed E-state index contributed by atoms with van der Waals surface area (Å²) < 4.78 is 7.36. The van der Waals surface area contributed by atoms with Crippen LogP contribution in [0.1, 0.15) is 25.5 Å². The Morgan fingerprint density at radius 1 is 1.26 bits per heavy atom. The number of carbonyl (C=O) groups is 1. The van der Waals surface area contributed by atoms with Gasteiger partial charge in [0.25, 0.3) is 0 Å². The summed E-state index contributed by atoms with van der Waals surface area (Å²) in [4.78, 5) is 23.0. The van der Waals surface area contributed by atoms with E-state index in [1.165, 1.54) is 17.2 Å². The molecule has 2 aromatic heterocycles. The molecule has 0 saturated carbocycles. The maximum atomic E-state index is 10.8. The number of ether oxygens (including phenoxy) is 1. The lowest BCUT2D eigenvalue weighted by Crippen LogP contribution is -2.67. The number of fused-ring (bicyclic) bond motifs is 1. The van der Waals surface area contributed by atoms with Crippen molar-refractivity contribution in [1.29, 1.82) is 0 Å². The van der Waals surface area contributed by atoms with Gasteiger partial charge in [0.15, 0.2) is 23.7 Å². The second kappa shape index (κ2) is 7.70. The number of carboxylic acids is 1. The molecule has 1 aliphatic heterocycles. The first-order valence-corrected chi connectivity index (χ1v) is 8.63. The van der Waals surface area contributed by atoms with Gasteiger partial charge in [-0.25, -0.2) is 19.7 Å². The Morgan fingerprint density at radius 2 is 2.00 bits per heavy atom. The Morgan fingerprint density at radius 3 is 2.70 bits per heavy atom. The van der Waals surface area contributed by atoms with Gasteiger partial charge in [-0.1, -0.05) is 0 Å². The zero-order chi connectivity index (χ0) is 19.7. The Kier molecular flexibility index (Phi) is 5.53. The van der Waals surface area contributed by atoms with Gasteiger partial charge in [0, 0.05) is 19.3 Å². The molecule has 11 N–H and O–H groups in total. The summed E-state index contributed by atoms with van der Waals surface area (Å²) in [5.41, 5.74) is 14.1. The number of imidazole rings is 1. The van der Waals surface area contributed by atoms with E-state index in [0.717, 1.165) is 0 Å². The number of aliphatic hydroxyl groups is 2. The molecule has 12 nitrogen and oxygen atoms in total. The lowest BCUT2D eigenvalue weighted by atomic mass is 9.98. The van der Waals surface area contributed by atoms with E-state index in [1.54, 1.807) is 0 Å². The molecule has 0 aliphatic carbocycles. The van der Waals surface area contributed by atoms with Crippen molar-refractivity contribution < 1.29 is 36.3 Å². The van der Waals surface area contributed by atoms with Crippen molar-refractivity contribution in [2.75, 3.05) is 5.73 Å². The van der Waals surface area contributed by atoms with Crippen molar-refractivity contribution in [2.24, 2.45) is 0 Å². The number of aromatic nitrogens is 4. The van der Waals surface area contributed by atoms with Gasteiger partial charge >= 0.3 is 5.97 Å². The van der Waals surface area contributed by atoms with Gasteiger partial charge in [-0.05, 0) is 0 Å². The summed E-state index contributed by atoms with van der Waals surface area (Å²) in [7, 11) is 0. The first-order valence-electron chi connectivity index (χ1n) is 8.63. The largest absolute Gasteiger partial charge is 0.477 e. The topological polar surface area (TPSA) is 212 Å². The van der Waals surface area contributed by atoms with Crippen LogP contribution in [0.3, 0.4) is 0 Å². The van der Waals surface area contributed by atoms with Crippen molar-refractivity contribution in [3.8, 4) is 0 Å². The molecular formula is C15H25N7O5+2. The number of carboxylic acid groups (broad SMARTS) is 1. The minimum absolute atomic E-state index is 0.156. The second-order valence-electron chi connectivity index (χ2n) is 6.84. The summed E-state index contributed by atoms with van der Waals surface area (Å²) in [5.74, 6) is -0.745. The van der Waals surface area contributed by atoms with Crippen molar-refractivity contribution in [3.05, 3.63) is 12.7 Å². The predicted octanol–water partition coefficient (Wildman–Crippen LogP) is -3.50. The molecule has 0 amide bonds. The zero-order valence-corrected chi connectivity index (χ0v) is 14.7. The van der Waals surface area contributed by atoms with Crippen LogP contribution in [0.25, 0.3) is 11.2 Å². The summed E-state index contributed by atoms with van der Waals surface area (Å²) in [5, 5.41) is 29.7. The molecule has 27 heavy (non-hydrogen) atoms. The molecule has 148 valence electrons. The number of hydrogen-bond acceptors (Lipinski definition) is 8. The Balaban J connectivity index is 1.68. The molecule has 0 bridgehead atoms. The molecule has 1 aliphatic rings. The minimum atomic E-state index is -1.18. The van der Waals surface area contributed by atoms with E-state index in [1.807, 2.05) is 0 Å².